The van der Waals surface area contributed by atoms with Crippen molar-refractivity contribution in [2.24, 2.45) is 0 Å². The van der Waals surface area contributed by atoms with Gasteiger partial charge in [-0.25, -0.2) is 0 Å². The fourth-order valence-electron chi connectivity index (χ4n) is 1.88. The summed E-state index contributed by atoms with van der Waals surface area (Å²) in [6.45, 7) is 1.40. The van der Waals surface area contributed by atoms with Crippen LogP contribution in [-0.4, -0.2) is 18.8 Å². The van der Waals surface area contributed by atoms with Gasteiger partial charge >= 0.3 is 0 Å². The van der Waals surface area contributed by atoms with Crippen LogP contribution >= 0.6 is 0 Å². The molecular weight excluding hydrogens is 254 g/mol. The van der Waals surface area contributed by atoms with E-state index in [9.17, 15) is 9.59 Å². The predicted molar refractivity (Wildman–Crippen MR) is 77.2 cm³/mol. The number of anilines is 1. The van der Waals surface area contributed by atoms with Gasteiger partial charge in [-0.2, -0.15) is 0 Å². The quantitative estimate of drug-likeness (QED) is 0.868. The Labute approximate surface area is 117 Å². The van der Waals surface area contributed by atoms with E-state index in [1.165, 1.54) is 14.0 Å². The van der Waals surface area contributed by atoms with Gasteiger partial charge in [0.2, 0.25) is 5.91 Å². The highest BCUT2D eigenvalue weighted by Gasteiger charge is 2.15. The van der Waals surface area contributed by atoms with E-state index in [0.29, 0.717) is 22.6 Å². The topological polar surface area (TPSA) is 55.4 Å². The molecule has 0 spiro atoms. The summed E-state index contributed by atoms with van der Waals surface area (Å²) in [5.41, 5.74) is 1.45. The highest BCUT2D eigenvalue weighted by atomic mass is 16.5. The Bertz CT molecular complexity index is 635. The zero-order chi connectivity index (χ0) is 14.5. The molecule has 2 rings (SSSR count). The van der Waals surface area contributed by atoms with E-state index in [-0.39, 0.29) is 11.7 Å². The van der Waals surface area contributed by atoms with E-state index in [4.69, 9.17) is 4.74 Å². The van der Waals surface area contributed by atoms with Gasteiger partial charge in [-0.05, 0) is 18.2 Å². The molecule has 0 aliphatic carbocycles. The van der Waals surface area contributed by atoms with E-state index in [1.807, 2.05) is 6.07 Å². The number of methoxy groups -OCH3 is 1. The van der Waals surface area contributed by atoms with Gasteiger partial charge in [-0.15, -0.1) is 0 Å². The summed E-state index contributed by atoms with van der Waals surface area (Å²) in [6.07, 6.45) is 0. The van der Waals surface area contributed by atoms with Crippen molar-refractivity contribution in [2.45, 2.75) is 6.92 Å². The Balaban J connectivity index is 2.47. The number of hydrogen-bond acceptors (Lipinski definition) is 3. The number of carbonyl (C=O) groups is 2. The Morgan fingerprint density at radius 1 is 1.05 bits per heavy atom. The molecule has 0 unspecified atom stereocenters. The first kappa shape index (κ1) is 13.8. The summed E-state index contributed by atoms with van der Waals surface area (Å²) < 4.78 is 5.14. The average Bonchev–Trinajstić information content (AvgIpc) is 2.47. The van der Waals surface area contributed by atoms with Crippen molar-refractivity contribution in [2.75, 3.05) is 12.4 Å². The van der Waals surface area contributed by atoms with Crippen LogP contribution in [0.15, 0.2) is 48.5 Å². The average molecular weight is 269 g/mol. The van der Waals surface area contributed by atoms with Gasteiger partial charge in [-0.3, -0.25) is 9.59 Å². The lowest BCUT2D eigenvalue weighted by molar-refractivity contribution is -0.114. The minimum absolute atomic E-state index is 0.159. The molecule has 0 saturated heterocycles. The normalized spacial score (nSPS) is 9.90. The molecule has 0 aliphatic heterocycles. The van der Waals surface area contributed by atoms with Crippen LogP contribution in [0.5, 0.6) is 5.75 Å². The van der Waals surface area contributed by atoms with Crippen molar-refractivity contribution < 1.29 is 14.3 Å². The van der Waals surface area contributed by atoms with E-state index in [1.54, 1.807) is 42.5 Å². The number of ketones is 1. The van der Waals surface area contributed by atoms with Gasteiger partial charge in [0, 0.05) is 18.1 Å². The summed E-state index contributed by atoms with van der Waals surface area (Å²) in [5.74, 6) is 0.184. The predicted octanol–water partition coefficient (Wildman–Crippen LogP) is 2.88. The zero-order valence-corrected chi connectivity index (χ0v) is 11.3. The first-order chi connectivity index (χ1) is 9.61. The second kappa shape index (κ2) is 6.02. The van der Waals surface area contributed by atoms with Gasteiger partial charge in [0.15, 0.2) is 5.78 Å². The highest BCUT2D eigenvalue weighted by molar-refractivity contribution is 6.13. The molecule has 2 aromatic rings. The number of hydrogen-bond donors (Lipinski definition) is 1. The SMILES string of the molecule is COc1ccc(NC(C)=O)c(C(=O)c2ccccc2)c1. The molecule has 0 aliphatic rings. The number of benzene rings is 2. The minimum atomic E-state index is -0.225. The minimum Gasteiger partial charge on any atom is -0.497 e. The molecule has 1 amide bonds. The van der Waals surface area contributed by atoms with Crippen LogP contribution in [0, 0.1) is 0 Å². The second-order valence-electron chi connectivity index (χ2n) is 4.29. The number of rotatable bonds is 4. The van der Waals surface area contributed by atoms with Crippen LogP contribution in [0.4, 0.5) is 5.69 Å². The molecule has 4 nitrogen and oxygen atoms in total. The molecule has 0 bridgehead atoms. The van der Waals surface area contributed by atoms with Crippen molar-refractivity contribution in [3.05, 3.63) is 59.7 Å². The van der Waals surface area contributed by atoms with E-state index >= 15 is 0 Å². The summed E-state index contributed by atoms with van der Waals surface area (Å²) >= 11 is 0. The Morgan fingerprint density at radius 2 is 1.75 bits per heavy atom. The maximum atomic E-state index is 12.5. The van der Waals surface area contributed by atoms with E-state index < -0.39 is 0 Å². The highest BCUT2D eigenvalue weighted by Crippen LogP contribution is 2.24. The van der Waals surface area contributed by atoms with Crippen molar-refractivity contribution >= 4 is 17.4 Å². The number of amides is 1. The largest absolute Gasteiger partial charge is 0.497 e. The third-order valence-electron chi connectivity index (χ3n) is 2.82. The van der Waals surface area contributed by atoms with Gasteiger partial charge in [0.05, 0.1) is 12.8 Å². The Kier molecular flexibility index (Phi) is 4.15. The van der Waals surface area contributed by atoms with Crippen LogP contribution in [0.3, 0.4) is 0 Å². The lowest BCUT2D eigenvalue weighted by Crippen LogP contribution is -2.12. The lowest BCUT2D eigenvalue weighted by atomic mass is 10.0. The standard InChI is InChI=1S/C16H15NO3/c1-11(18)17-15-9-8-13(20-2)10-14(15)16(19)12-6-4-3-5-7-12/h3-10H,1-2H3,(H,17,18). The third kappa shape index (κ3) is 3.03. The monoisotopic (exact) mass is 269 g/mol. The summed E-state index contributed by atoms with van der Waals surface area (Å²) in [6, 6.07) is 13.9. The van der Waals surface area contributed by atoms with Gasteiger partial charge in [-0.1, -0.05) is 30.3 Å². The second-order valence-corrected chi connectivity index (χ2v) is 4.29. The summed E-state index contributed by atoms with van der Waals surface area (Å²) in [5, 5.41) is 2.66. The molecule has 0 aromatic heterocycles. The molecule has 0 atom stereocenters. The molecular formula is C16H15NO3. The zero-order valence-electron chi connectivity index (χ0n) is 11.3. The number of carbonyl (C=O) groups excluding carboxylic acids is 2. The van der Waals surface area contributed by atoms with Crippen molar-refractivity contribution in [1.29, 1.82) is 0 Å². The molecule has 4 heteroatoms. The van der Waals surface area contributed by atoms with Crippen LogP contribution in [0.25, 0.3) is 0 Å². The van der Waals surface area contributed by atoms with Crippen LogP contribution in [0.2, 0.25) is 0 Å². The van der Waals surface area contributed by atoms with Crippen molar-refractivity contribution in [3.8, 4) is 5.75 Å². The lowest BCUT2D eigenvalue weighted by Gasteiger charge is -2.11. The molecule has 20 heavy (non-hydrogen) atoms. The van der Waals surface area contributed by atoms with Crippen LogP contribution in [0.1, 0.15) is 22.8 Å². The van der Waals surface area contributed by atoms with Gasteiger partial charge in [0.1, 0.15) is 5.75 Å². The molecule has 0 radical (unpaired) electrons. The first-order valence-corrected chi connectivity index (χ1v) is 6.17. The Morgan fingerprint density at radius 3 is 2.35 bits per heavy atom. The molecule has 0 saturated carbocycles. The molecule has 0 heterocycles. The fraction of sp³-hybridized carbons (Fsp3) is 0.125. The molecule has 2 aromatic carbocycles. The van der Waals surface area contributed by atoms with Crippen molar-refractivity contribution in [1.82, 2.24) is 0 Å². The number of ether oxygens (including phenoxy) is 1. The summed E-state index contributed by atoms with van der Waals surface area (Å²) in [4.78, 5) is 23.7. The van der Waals surface area contributed by atoms with E-state index in [0.717, 1.165) is 0 Å². The third-order valence-corrected chi connectivity index (χ3v) is 2.82. The smallest absolute Gasteiger partial charge is 0.221 e. The summed E-state index contributed by atoms with van der Waals surface area (Å²) in [7, 11) is 1.53. The van der Waals surface area contributed by atoms with Gasteiger partial charge in [0.25, 0.3) is 0 Å². The van der Waals surface area contributed by atoms with Crippen LogP contribution < -0.4 is 10.1 Å². The molecule has 102 valence electrons. The maximum Gasteiger partial charge on any atom is 0.221 e. The fourth-order valence-corrected chi connectivity index (χ4v) is 1.88. The maximum absolute atomic E-state index is 12.5. The number of nitrogens with one attached hydrogen (secondary N) is 1. The first-order valence-electron chi connectivity index (χ1n) is 6.17. The molecule has 0 fully saturated rings. The van der Waals surface area contributed by atoms with Gasteiger partial charge < -0.3 is 10.1 Å². The van der Waals surface area contributed by atoms with Crippen LogP contribution in [-0.2, 0) is 4.79 Å². The van der Waals surface area contributed by atoms with E-state index in [2.05, 4.69) is 5.32 Å². The molecule has 1 N–H and O–H groups in total. The van der Waals surface area contributed by atoms with Crippen molar-refractivity contribution in [3.63, 3.8) is 0 Å². The Hall–Kier alpha value is -2.62.